The van der Waals surface area contributed by atoms with Crippen molar-refractivity contribution in [2.45, 2.75) is 90.4 Å². The lowest BCUT2D eigenvalue weighted by atomic mass is 9.66. The number of ketones is 2. The molecule has 0 heterocycles. The molecule has 0 unspecified atom stereocenters. The predicted molar refractivity (Wildman–Crippen MR) is 117 cm³/mol. The zero-order valence-corrected chi connectivity index (χ0v) is 19.7. The Morgan fingerprint density at radius 1 is 1.28 bits per heavy atom. The van der Waals surface area contributed by atoms with Gasteiger partial charge in [0.25, 0.3) is 0 Å². The molecule has 7 nitrogen and oxygen atoms in total. The quantitative estimate of drug-likeness (QED) is 0.469. The number of rotatable bonds is 5. The fourth-order valence-electron chi connectivity index (χ4n) is 5.18. The Kier molecular flexibility index (Phi) is 6.30. The van der Waals surface area contributed by atoms with Gasteiger partial charge >= 0.3 is 5.97 Å². The Morgan fingerprint density at radius 3 is 2.50 bits per heavy atom. The van der Waals surface area contributed by atoms with E-state index in [0.717, 1.165) is 6.42 Å². The number of aliphatic hydroxyl groups excluding tert-OH is 1. The first kappa shape index (κ1) is 24.4. The second-order valence-electron chi connectivity index (χ2n) is 10.0. The van der Waals surface area contributed by atoms with Crippen LogP contribution >= 0.6 is 0 Å². The first-order valence-electron chi connectivity index (χ1n) is 11.4. The van der Waals surface area contributed by atoms with Crippen LogP contribution in [0.1, 0.15) is 93.8 Å². The monoisotopic (exact) mass is 446 g/mol. The lowest BCUT2D eigenvalue weighted by Gasteiger charge is -2.42. The van der Waals surface area contributed by atoms with Gasteiger partial charge in [0.2, 0.25) is 17.2 Å². The largest absolute Gasteiger partial charge is 0.508 e. The summed E-state index contributed by atoms with van der Waals surface area (Å²) in [6.07, 6.45) is 1.21. The number of Topliss-reactive ketones (excluding diaryl/α,β-unsaturated/α-hetero) is 2. The Balaban J connectivity index is 2.12. The lowest BCUT2D eigenvalue weighted by Crippen LogP contribution is -2.60. The van der Waals surface area contributed by atoms with Gasteiger partial charge in [-0.3, -0.25) is 14.4 Å². The average Bonchev–Trinajstić information content (AvgIpc) is 2.70. The van der Waals surface area contributed by atoms with Crippen LogP contribution in [-0.2, 0) is 26.3 Å². The predicted octanol–water partition coefficient (Wildman–Crippen LogP) is 3.15. The Labute approximate surface area is 188 Å². The van der Waals surface area contributed by atoms with Crippen molar-refractivity contribution in [3.05, 3.63) is 28.3 Å². The van der Waals surface area contributed by atoms with E-state index in [2.05, 4.69) is 0 Å². The third-order valence-electron chi connectivity index (χ3n) is 7.23. The fourth-order valence-corrected chi connectivity index (χ4v) is 5.18. The second-order valence-corrected chi connectivity index (χ2v) is 10.0. The molecule has 176 valence electrons. The number of aromatic hydroxyl groups is 1. The van der Waals surface area contributed by atoms with E-state index < -0.39 is 40.8 Å². The number of esters is 1. The summed E-state index contributed by atoms with van der Waals surface area (Å²) in [6.45, 7) is 10.0. The van der Waals surface area contributed by atoms with E-state index in [0.29, 0.717) is 24.0 Å². The molecule has 7 heteroatoms. The highest BCUT2D eigenvalue weighted by atomic mass is 16.6. The van der Waals surface area contributed by atoms with Gasteiger partial charge in [0.05, 0.1) is 12.0 Å². The Hall–Kier alpha value is -2.25. The smallest absolute Gasteiger partial charge is 0.310 e. The number of phenols is 1. The molecule has 0 bridgehead atoms. The highest BCUT2D eigenvalue weighted by Gasteiger charge is 2.59. The van der Waals surface area contributed by atoms with Crippen LogP contribution < -0.4 is 0 Å². The van der Waals surface area contributed by atoms with Crippen molar-refractivity contribution in [2.24, 2.45) is 11.8 Å². The molecule has 1 aromatic rings. The van der Waals surface area contributed by atoms with Crippen molar-refractivity contribution in [3.63, 3.8) is 0 Å². The van der Waals surface area contributed by atoms with Crippen molar-refractivity contribution in [3.8, 4) is 5.75 Å². The maximum Gasteiger partial charge on any atom is 0.310 e. The van der Waals surface area contributed by atoms with Gasteiger partial charge in [0.15, 0.2) is 5.60 Å². The van der Waals surface area contributed by atoms with Gasteiger partial charge in [0, 0.05) is 16.7 Å². The van der Waals surface area contributed by atoms with Crippen molar-refractivity contribution in [1.82, 2.24) is 0 Å². The van der Waals surface area contributed by atoms with Crippen molar-refractivity contribution in [2.75, 3.05) is 0 Å². The molecule has 0 amide bonds. The summed E-state index contributed by atoms with van der Waals surface area (Å²) in [5.41, 5.74) is -3.40. The number of hydrogen-bond donors (Lipinski definition) is 3. The number of hydrogen-bond acceptors (Lipinski definition) is 7. The average molecular weight is 447 g/mol. The summed E-state index contributed by atoms with van der Waals surface area (Å²) in [4.78, 5) is 39.8. The van der Waals surface area contributed by atoms with E-state index in [1.165, 1.54) is 19.9 Å². The second kappa shape index (κ2) is 8.27. The van der Waals surface area contributed by atoms with E-state index in [1.807, 2.05) is 20.8 Å². The molecular weight excluding hydrogens is 412 g/mol. The van der Waals surface area contributed by atoms with Crippen LogP contribution in [0.15, 0.2) is 6.07 Å². The minimum absolute atomic E-state index is 0.0220. The van der Waals surface area contributed by atoms with Gasteiger partial charge in [-0.25, -0.2) is 0 Å². The summed E-state index contributed by atoms with van der Waals surface area (Å²) < 4.78 is 5.55. The van der Waals surface area contributed by atoms with Crippen LogP contribution in [0.5, 0.6) is 5.75 Å². The minimum atomic E-state index is -2.20. The lowest BCUT2D eigenvalue weighted by molar-refractivity contribution is -0.173. The number of carbonyl (C=O) groups excluding carboxylic acids is 3. The van der Waals surface area contributed by atoms with E-state index >= 15 is 0 Å². The number of phenolic OH excluding ortho intramolecular Hbond substituents is 1. The van der Waals surface area contributed by atoms with E-state index in [-0.39, 0.29) is 35.1 Å². The van der Waals surface area contributed by atoms with Crippen molar-refractivity contribution < 1.29 is 34.4 Å². The van der Waals surface area contributed by atoms with Gasteiger partial charge in [-0.05, 0) is 56.6 Å². The van der Waals surface area contributed by atoms with E-state index in [1.54, 1.807) is 6.92 Å². The first-order valence-corrected chi connectivity index (χ1v) is 11.4. The fraction of sp³-hybridized carbons (Fsp3) is 0.640. The Morgan fingerprint density at radius 2 is 1.91 bits per heavy atom. The van der Waals surface area contributed by atoms with Gasteiger partial charge in [0.1, 0.15) is 5.75 Å². The van der Waals surface area contributed by atoms with Crippen molar-refractivity contribution in [1.29, 1.82) is 0 Å². The topological polar surface area (TPSA) is 121 Å². The normalized spacial score (nSPS) is 31.5. The summed E-state index contributed by atoms with van der Waals surface area (Å²) in [5, 5.41) is 32.1. The van der Waals surface area contributed by atoms with E-state index in [9.17, 15) is 29.7 Å². The first-order chi connectivity index (χ1) is 14.7. The minimum Gasteiger partial charge on any atom is -0.508 e. The third-order valence-corrected chi connectivity index (χ3v) is 7.23. The summed E-state index contributed by atoms with van der Waals surface area (Å²) in [5.74, 6) is -2.95. The SMILES string of the molecule is CC[C@H](C)C[C@@H](C)C(=O)O[C@]1(C)C(=O)c2c(cc(O)c3c2C[C@@H](O)C[C@@H]3C)[C@@](C)(O)C1=O. The van der Waals surface area contributed by atoms with E-state index in [4.69, 9.17) is 4.74 Å². The summed E-state index contributed by atoms with van der Waals surface area (Å²) in [7, 11) is 0. The highest BCUT2D eigenvalue weighted by Crippen LogP contribution is 2.48. The van der Waals surface area contributed by atoms with Gasteiger partial charge in [-0.2, -0.15) is 0 Å². The molecule has 0 saturated heterocycles. The molecular formula is C25H34O7. The maximum absolute atomic E-state index is 13.7. The third kappa shape index (κ3) is 3.75. The molecule has 0 fully saturated rings. The number of fused-ring (bicyclic) bond motifs is 3. The van der Waals surface area contributed by atoms with Crippen LogP contribution in [0.25, 0.3) is 0 Å². The van der Waals surface area contributed by atoms with Crippen molar-refractivity contribution >= 4 is 17.5 Å². The van der Waals surface area contributed by atoms with Crippen LogP contribution in [0.2, 0.25) is 0 Å². The molecule has 1 aromatic carbocycles. The highest BCUT2D eigenvalue weighted by molar-refractivity contribution is 6.25. The molecule has 3 rings (SSSR count). The van der Waals surface area contributed by atoms with Crippen LogP contribution in [-0.4, -0.2) is 44.6 Å². The van der Waals surface area contributed by atoms with Crippen LogP contribution in [0.4, 0.5) is 0 Å². The standard InChI is InChI=1S/C25H34O7/c1-7-12(2)8-14(4)22(29)32-25(6)21(28)20-16-10-15(26)9-13(3)19(16)18(27)11-17(20)24(5,31)23(25)30/h11-15,26-27,31H,7-10H2,1-6H3/t12-,13-,14+,15-,24+,25+/m0/s1. The molecule has 0 saturated carbocycles. The molecule has 32 heavy (non-hydrogen) atoms. The molecule has 0 aliphatic heterocycles. The number of ether oxygens (including phenoxy) is 1. The molecule has 0 aromatic heterocycles. The van der Waals surface area contributed by atoms with Crippen LogP contribution in [0.3, 0.4) is 0 Å². The van der Waals surface area contributed by atoms with Crippen LogP contribution in [0, 0.1) is 11.8 Å². The number of aliphatic hydroxyl groups is 2. The summed E-state index contributed by atoms with van der Waals surface area (Å²) >= 11 is 0. The number of carbonyl (C=O) groups is 3. The van der Waals surface area contributed by atoms with Gasteiger partial charge in [-0.1, -0.05) is 34.1 Å². The molecule has 0 spiro atoms. The number of benzene rings is 1. The molecule has 6 atom stereocenters. The van der Waals surface area contributed by atoms with Gasteiger partial charge < -0.3 is 20.1 Å². The maximum atomic E-state index is 13.7. The van der Waals surface area contributed by atoms with Gasteiger partial charge in [-0.15, -0.1) is 0 Å². The Bertz CT molecular complexity index is 964. The molecule has 3 N–H and O–H groups in total. The zero-order valence-electron chi connectivity index (χ0n) is 19.7. The summed E-state index contributed by atoms with van der Waals surface area (Å²) in [6, 6.07) is 1.26. The zero-order chi connectivity index (χ0) is 24.2. The molecule has 0 radical (unpaired) electrons. The molecule has 2 aliphatic rings. The molecule has 2 aliphatic carbocycles.